The average Bonchev–Trinajstić information content (AvgIpc) is 3.80. The van der Waals surface area contributed by atoms with Crippen LogP contribution in [0, 0.1) is 13.8 Å². The van der Waals surface area contributed by atoms with Gasteiger partial charge in [-0.3, -0.25) is 4.98 Å². The summed E-state index contributed by atoms with van der Waals surface area (Å²) < 4.78 is 16.8. The van der Waals surface area contributed by atoms with Crippen molar-refractivity contribution < 1.29 is 13.9 Å². The number of ether oxygens (including phenoxy) is 1. The minimum Gasteiger partial charge on any atom is -0.456 e. The van der Waals surface area contributed by atoms with E-state index in [0.29, 0.717) is 0 Å². The predicted molar refractivity (Wildman–Crippen MR) is 170 cm³/mol. The Bertz CT molecular complexity index is 2870. The number of imidazole rings is 2. The van der Waals surface area contributed by atoms with Crippen molar-refractivity contribution in [2.45, 2.75) is 19.5 Å². The van der Waals surface area contributed by atoms with Crippen molar-refractivity contribution in [3.05, 3.63) is 126 Å². The fourth-order valence-corrected chi connectivity index (χ4v) is 9.16. The third kappa shape index (κ3) is 2.02. The highest BCUT2D eigenvalue weighted by Crippen LogP contribution is 2.58. The molecule has 3 aliphatic rings. The van der Waals surface area contributed by atoms with Gasteiger partial charge in [0.1, 0.15) is 46.7 Å². The van der Waals surface area contributed by atoms with Gasteiger partial charge in [-0.15, -0.1) is 0 Å². The van der Waals surface area contributed by atoms with Gasteiger partial charge in [0.05, 0.1) is 17.0 Å². The van der Waals surface area contributed by atoms with Gasteiger partial charge in [-0.25, -0.2) is 0 Å². The summed E-state index contributed by atoms with van der Waals surface area (Å²) in [5.74, 6) is 1.84. The number of para-hydroxylation sites is 1. The molecule has 0 radical (unpaired) electrons. The first-order valence-corrected chi connectivity index (χ1v) is 15.1. The van der Waals surface area contributed by atoms with E-state index in [-0.39, 0.29) is 0 Å². The topological polar surface area (TPSA) is 38.7 Å². The maximum absolute atomic E-state index is 6.87. The number of aromatic nitrogens is 5. The van der Waals surface area contributed by atoms with Gasteiger partial charge in [0, 0.05) is 33.3 Å². The molecule has 6 nitrogen and oxygen atoms in total. The molecular weight excluding hydrogens is 542 g/mol. The van der Waals surface area contributed by atoms with Crippen LogP contribution in [-0.4, -0.2) is 13.8 Å². The summed E-state index contributed by atoms with van der Waals surface area (Å²) in [6.45, 7) is 4.44. The number of fused-ring (bicyclic) bond motifs is 6. The zero-order chi connectivity index (χ0) is 28.6. The second-order valence-electron chi connectivity index (χ2n) is 12.6. The molecule has 0 saturated heterocycles. The van der Waals surface area contributed by atoms with Gasteiger partial charge >= 0.3 is 5.66 Å². The minimum absolute atomic E-state index is 0.635. The van der Waals surface area contributed by atoms with Crippen LogP contribution in [0.2, 0.25) is 0 Å². The van der Waals surface area contributed by atoms with E-state index in [1.54, 1.807) is 0 Å². The minimum atomic E-state index is -0.635. The van der Waals surface area contributed by atoms with Crippen molar-refractivity contribution in [3.63, 3.8) is 0 Å². The first-order chi connectivity index (χ1) is 21.7. The van der Waals surface area contributed by atoms with Gasteiger partial charge in [0.2, 0.25) is 0 Å². The van der Waals surface area contributed by atoms with Crippen LogP contribution in [0.1, 0.15) is 22.3 Å². The number of hydrogen-bond acceptors (Lipinski definition) is 2. The van der Waals surface area contributed by atoms with Gasteiger partial charge in [0.25, 0.3) is 11.3 Å². The Labute approximate surface area is 250 Å². The van der Waals surface area contributed by atoms with E-state index in [1.807, 2.05) is 12.4 Å². The van der Waals surface area contributed by atoms with Crippen LogP contribution in [0.3, 0.4) is 0 Å². The Morgan fingerprint density at radius 3 is 2.23 bits per heavy atom. The number of aryl methyl sites for hydroxylation is 2. The molecule has 4 aromatic carbocycles. The normalized spacial score (nSPS) is 17.1. The summed E-state index contributed by atoms with van der Waals surface area (Å²) in [6.07, 6.45) is 10.9. The summed E-state index contributed by atoms with van der Waals surface area (Å²) in [5, 5.41) is 7.42. The van der Waals surface area contributed by atoms with Gasteiger partial charge in [-0.2, -0.15) is 17.9 Å². The number of rotatable bonds is 1. The molecule has 0 saturated carbocycles. The van der Waals surface area contributed by atoms with Crippen LogP contribution in [-0.2, 0) is 5.66 Å². The van der Waals surface area contributed by atoms with E-state index < -0.39 is 5.66 Å². The molecule has 0 aliphatic carbocycles. The molecule has 0 bridgehead atoms. The summed E-state index contributed by atoms with van der Waals surface area (Å²) >= 11 is 0. The lowest BCUT2D eigenvalue weighted by Crippen LogP contribution is -2.71. The van der Waals surface area contributed by atoms with Crippen LogP contribution < -0.4 is 13.9 Å². The monoisotopic (exact) mass is 565 g/mol. The molecule has 9 aromatic rings. The maximum Gasteiger partial charge on any atom is 0.315 e. The molecule has 6 heteroatoms. The fourth-order valence-electron chi connectivity index (χ4n) is 9.16. The van der Waals surface area contributed by atoms with Crippen molar-refractivity contribution in [2.24, 2.45) is 0 Å². The molecule has 12 rings (SSSR count). The summed E-state index contributed by atoms with van der Waals surface area (Å²) in [7, 11) is 0. The molecule has 0 fully saturated rings. The van der Waals surface area contributed by atoms with E-state index in [9.17, 15) is 0 Å². The van der Waals surface area contributed by atoms with E-state index in [2.05, 4.69) is 128 Å². The van der Waals surface area contributed by atoms with E-state index in [0.717, 1.165) is 17.0 Å². The molecule has 1 unspecified atom stereocenters. The molecule has 204 valence electrons. The van der Waals surface area contributed by atoms with Crippen molar-refractivity contribution in [1.82, 2.24) is 13.8 Å². The molecule has 0 amide bonds. The highest BCUT2D eigenvalue weighted by molar-refractivity contribution is 6.17. The largest absolute Gasteiger partial charge is 0.456 e. The molecule has 5 aromatic heterocycles. The van der Waals surface area contributed by atoms with Gasteiger partial charge in [-0.1, -0.05) is 36.4 Å². The number of benzene rings is 4. The molecular formula is C38H23N5O+2. The second-order valence-corrected chi connectivity index (χ2v) is 12.6. The van der Waals surface area contributed by atoms with Crippen molar-refractivity contribution in [3.8, 4) is 22.8 Å². The molecule has 44 heavy (non-hydrogen) atoms. The van der Waals surface area contributed by atoms with Crippen molar-refractivity contribution >= 4 is 54.6 Å². The van der Waals surface area contributed by atoms with Crippen LogP contribution in [0.15, 0.2) is 104 Å². The Hall–Kier alpha value is -5.75. The number of pyridine rings is 3. The summed E-state index contributed by atoms with van der Waals surface area (Å²) in [5.41, 5.74) is 11.4. The number of hydrogen-bond donors (Lipinski definition) is 0. The molecule has 1 atom stereocenters. The maximum atomic E-state index is 6.87. The zero-order valence-electron chi connectivity index (χ0n) is 24.0. The first-order valence-electron chi connectivity index (χ1n) is 15.1. The van der Waals surface area contributed by atoms with Gasteiger partial charge in [-0.05, 0) is 61.4 Å². The Morgan fingerprint density at radius 1 is 0.705 bits per heavy atom. The lowest BCUT2D eigenvalue weighted by molar-refractivity contribution is -0.944. The third-order valence-corrected chi connectivity index (χ3v) is 10.7. The smallest absolute Gasteiger partial charge is 0.315 e. The predicted octanol–water partition coefficient (Wildman–Crippen LogP) is 7.09. The van der Waals surface area contributed by atoms with E-state index >= 15 is 0 Å². The van der Waals surface area contributed by atoms with Gasteiger partial charge < -0.3 is 4.74 Å². The average molecular weight is 566 g/mol. The lowest BCUT2D eigenvalue weighted by Gasteiger charge is -2.30. The Kier molecular flexibility index (Phi) is 3.35. The molecule has 1 spiro atoms. The van der Waals surface area contributed by atoms with E-state index in [4.69, 9.17) is 4.74 Å². The number of nitrogens with zero attached hydrogens (tertiary/aromatic N) is 5. The third-order valence-electron chi connectivity index (χ3n) is 10.7. The highest BCUT2D eigenvalue weighted by atomic mass is 16.5. The summed E-state index contributed by atoms with van der Waals surface area (Å²) in [6, 6.07) is 26.4. The van der Waals surface area contributed by atoms with Crippen LogP contribution in [0.25, 0.3) is 65.9 Å². The standard InChI is InChI=1S/C38H23N5O/c1-20-6-5-7-21(2)31(20)28-19-42-37-33-25(23-14-15-39-18-27(23)43(28)37)11-13-30-35(33)38(42)34-29(44-30)12-10-24-22-8-3-4-9-26(22)40-16-17-41(38)36(40)32(24)34/h3-19H,1-2H3/q+2. The lowest BCUT2D eigenvalue weighted by atomic mass is 9.85. The van der Waals surface area contributed by atoms with Crippen LogP contribution in [0.4, 0.5) is 0 Å². The Morgan fingerprint density at radius 2 is 1.43 bits per heavy atom. The highest BCUT2D eigenvalue weighted by Gasteiger charge is 2.65. The first kappa shape index (κ1) is 21.9. The quantitative estimate of drug-likeness (QED) is 0.158. The fraction of sp³-hybridized carbons (Fsp3) is 0.0789. The van der Waals surface area contributed by atoms with Crippen LogP contribution in [0.5, 0.6) is 11.5 Å². The van der Waals surface area contributed by atoms with Crippen molar-refractivity contribution in [2.75, 3.05) is 0 Å². The van der Waals surface area contributed by atoms with Crippen molar-refractivity contribution in [1.29, 1.82) is 0 Å². The molecule has 3 aliphatic heterocycles. The Balaban J connectivity index is 1.40. The summed E-state index contributed by atoms with van der Waals surface area (Å²) in [4.78, 5) is 4.65. The zero-order valence-corrected chi connectivity index (χ0v) is 24.0. The second kappa shape index (κ2) is 6.74. The molecule has 0 N–H and O–H groups in total. The van der Waals surface area contributed by atoms with E-state index in [1.165, 1.54) is 82.6 Å². The SMILES string of the molecule is Cc1cccc(C)c1-c1c[n+]2c3c4c5c(ccc4c4ccncc4n13)Oc1ccc3c4ccccc4n4cc[n+]6c4c3c1C562. The van der Waals surface area contributed by atoms with Crippen LogP contribution >= 0.6 is 0 Å². The van der Waals surface area contributed by atoms with Gasteiger partial charge in [0.15, 0.2) is 11.2 Å². The molecule has 8 heterocycles.